The third-order valence-corrected chi connectivity index (χ3v) is 5.30. The van der Waals surface area contributed by atoms with E-state index in [9.17, 15) is 4.79 Å². The van der Waals surface area contributed by atoms with Gasteiger partial charge in [-0.3, -0.25) is 4.79 Å². The number of aromatic nitrogens is 4. The number of halogens is 1. The number of anilines is 3. The summed E-state index contributed by atoms with van der Waals surface area (Å²) in [5.74, 6) is 0.656. The molecule has 1 aromatic carbocycles. The van der Waals surface area contributed by atoms with E-state index in [2.05, 4.69) is 35.9 Å². The van der Waals surface area contributed by atoms with Crippen LogP contribution in [-0.4, -0.2) is 45.4 Å². The molecule has 28 heavy (non-hydrogen) atoms. The fourth-order valence-corrected chi connectivity index (χ4v) is 3.90. The first kappa shape index (κ1) is 18.6. The quantitative estimate of drug-likeness (QED) is 0.639. The van der Waals surface area contributed by atoms with Crippen molar-refractivity contribution in [3.63, 3.8) is 0 Å². The van der Waals surface area contributed by atoms with Crippen LogP contribution in [0.4, 0.5) is 16.1 Å². The van der Waals surface area contributed by atoms with Gasteiger partial charge in [-0.05, 0) is 12.0 Å². The van der Waals surface area contributed by atoms with Gasteiger partial charge in [0.2, 0.25) is 16.2 Å². The van der Waals surface area contributed by atoms with E-state index in [-0.39, 0.29) is 11.9 Å². The van der Waals surface area contributed by atoms with Crippen molar-refractivity contribution in [1.29, 1.82) is 0 Å². The molecular formula is C18H18ClN7OS. The molecule has 10 heteroatoms. The summed E-state index contributed by atoms with van der Waals surface area (Å²) in [5.41, 5.74) is 0.957. The third-order valence-electron chi connectivity index (χ3n) is 4.33. The largest absolute Gasteiger partial charge is 0.355 e. The van der Waals surface area contributed by atoms with Gasteiger partial charge in [0.05, 0.1) is 17.6 Å². The lowest BCUT2D eigenvalue weighted by molar-refractivity contribution is -0.115. The summed E-state index contributed by atoms with van der Waals surface area (Å²) in [6.07, 6.45) is 2.76. The van der Waals surface area contributed by atoms with Crippen LogP contribution in [0.3, 0.4) is 0 Å². The molecule has 0 spiro atoms. The highest BCUT2D eigenvalue weighted by Gasteiger charge is 2.25. The van der Waals surface area contributed by atoms with Crippen molar-refractivity contribution in [2.75, 3.05) is 28.6 Å². The molecule has 4 rings (SSSR count). The van der Waals surface area contributed by atoms with Gasteiger partial charge < -0.3 is 15.5 Å². The van der Waals surface area contributed by atoms with Gasteiger partial charge in [-0.1, -0.05) is 53.3 Å². The van der Waals surface area contributed by atoms with E-state index in [0.29, 0.717) is 21.7 Å². The zero-order valence-electron chi connectivity index (χ0n) is 14.9. The minimum atomic E-state index is -0.111. The Morgan fingerprint density at radius 2 is 2.04 bits per heavy atom. The van der Waals surface area contributed by atoms with Crippen LogP contribution in [0.2, 0.25) is 5.02 Å². The van der Waals surface area contributed by atoms with Crippen LogP contribution in [0.15, 0.2) is 42.6 Å². The van der Waals surface area contributed by atoms with Gasteiger partial charge in [0.25, 0.3) is 0 Å². The first-order valence-corrected chi connectivity index (χ1v) is 10.0. The predicted molar refractivity (Wildman–Crippen MR) is 110 cm³/mol. The summed E-state index contributed by atoms with van der Waals surface area (Å²) >= 11 is 7.31. The topological polar surface area (TPSA) is 95.9 Å². The molecule has 0 saturated carbocycles. The monoisotopic (exact) mass is 415 g/mol. The minimum Gasteiger partial charge on any atom is -0.355 e. The molecule has 1 fully saturated rings. The molecule has 1 aliphatic rings. The summed E-state index contributed by atoms with van der Waals surface area (Å²) in [6.45, 7) is 1.62. The maximum absolute atomic E-state index is 12.1. The van der Waals surface area contributed by atoms with Gasteiger partial charge in [-0.2, -0.15) is 5.10 Å². The summed E-state index contributed by atoms with van der Waals surface area (Å²) < 4.78 is 0. The molecule has 1 unspecified atom stereocenters. The van der Waals surface area contributed by atoms with Crippen molar-refractivity contribution in [2.45, 2.75) is 18.9 Å². The van der Waals surface area contributed by atoms with Crippen molar-refractivity contribution < 1.29 is 4.79 Å². The van der Waals surface area contributed by atoms with Crippen LogP contribution in [-0.2, 0) is 11.2 Å². The summed E-state index contributed by atoms with van der Waals surface area (Å²) in [6, 6.07) is 11.6. The van der Waals surface area contributed by atoms with Crippen LogP contribution >= 0.6 is 22.9 Å². The maximum Gasteiger partial charge on any atom is 0.230 e. The second-order valence-electron chi connectivity index (χ2n) is 6.43. The molecule has 3 aromatic rings. The van der Waals surface area contributed by atoms with Crippen molar-refractivity contribution in [3.05, 3.63) is 53.2 Å². The average molecular weight is 416 g/mol. The number of nitrogens with one attached hydrogen (secondary N) is 2. The highest BCUT2D eigenvalue weighted by molar-refractivity contribution is 7.19. The second-order valence-corrected chi connectivity index (χ2v) is 7.84. The molecule has 3 heterocycles. The number of hydrogen-bond acceptors (Lipinski definition) is 8. The van der Waals surface area contributed by atoms with Gasteiger partial charge in [0, 0.05) is 25.2 Å². The van der Waals surface area contributed by atoms with Gasteiger partial charge in [-0.25, -0.2) is 0 Å². The fourth-order valence-electron chi connectivity index (χ4n) is 3.02. The van der Waals surface area contributed by atoms with Gasteiger partial charge >= 0.3 is 0 Å². The summed E-state index contributed by atoms with van der Waals surface area (Å²) in [7, 11) is 0. The Morgan fingerprint density at radius 3 is 2.86 bits per heavy atom. The lowest BCUT2D eigenvalue weighted by Gasteiger charge is -2.16. The van der Waals surface area contributed by atoms with Crippen molar-refractivity contribution >= 4 is 44.9 Å². The van der Waals surface area contributed by atoms with Crippen molar-refractivity contribution in [2.24, 2.45) is 0 Å². The van der Waals surface area contributed by atoms with Gasteiger partial charge in [0.1, 0.15) is 0 Å². The van der Waals surface area contributed by atoms with Crippen LogP contribution in [0.5, 0.6) is 0 Å². The van der Waals surface area contributed by atoms with Crippen LogP contribution < -0.4 is 15.5 Å². The first-order chi connectivity index (χ1) is 13.7. The van der Waals surface area contributed by atoms with E-state index in [1.165, 1.54) is 17.5 Å². The molecular weight excluding hydrogens is 398 g/mol. The molecule has 0 bridgehead atoms. The predicted octanol–water partition coefficient (Wildman–Crippen LogP) is 2.85. The fraction of sp³-hybridized carbons (Fsp3) is 0.278. The Labute approximate surface area is 171 Å². The number of rotatable bonds is 6. The van der Waals surface area contributed by atoms with Crippen LogP contribution in [0, 0.1) is 0 Å². The number of carbonyl (C=O) groups excluding carboxylic acids is 1. The molecule has 1 saturated heterocycles. The number of carbonyl (C=O) groups is 1. The van der Waals surface area contributed by atoms with E-state index in [1.54, 1.807) is 0 Å². The summed E-state index contributed by atoms with van der Waals surface area (Å²) in [4.78, 5) is 14.3. The molecule has 144 valence electrons. The SMILES string of the molecule is O=C(Cc1ccccc1)Nc1nnc(NC2CCN(c3cc(Cl)cnn3)C2)s1. The lowest BCUT2D eigenvalue weighted by Crippen LogP contribution is -2.26. The average Bonchev–Trinajstić information content (AvgIpc) is 3.32. The van der Waals surface area contributed by atoms with E-state index in [1.807, 2.05) is 36.4 Å². The van der Waals surface area contributed by atoms with E-state index in [0.717, 1.165) is 30.9 Å². The molecule has 2 aromatic heterocycles. The highest BCUT2D eigenvalue weighted by Crippen LogP contribution is 2.25. The van der Waals surface area contributed by atoms with Crippen molar-refractivity contribution in [1.82, 2.24) is 20.4 Å². The van der Waals surface area contributed by atoms with Gasteiger partial charge in [-0.15, -0.1) is 15.3 Å². The summed E-state index contributed by atoms with van der Waals surface area (Å²) in [5, 5.41) is 24.1. The zero-order chi connectivity index (χ0) is 19.3. The van der Waals surface area contributed by atoms with E-state index >= 15 is 0 Å². The first-order valence-electron chi connectivity index (χ1n) is 8.83. The normalized spacial score (nSPS) is 16.2. The number of amides is 1. The Balaban J connectivity index is 1.30. The molecule has 8 nitrogen and oxygen atoms in total. The van der Waals surface area contributed by atoms with Crippen molar-refractivity contribution in [3.8, 4) is 0 Å². The minimum absolute atomic E-state index is 0.111. The molecule has 0 radical (unpaired) electrons. The Bertz CT molecular complexity index is 952. The molecule has 1 atom stereocenters. The Kier molecular flexibility index (Phi) is 5.63. The molecule has 1 amide bonds. The number of hydrogen-bond donors (Lipinski definition) is 2. The highest BCUT2D eigenvalue weighted by atomic mass is 35.5. The maximum atomic E-state index is 12.1. The number of nitrogens with zero attached hydrogens (tertiary/aromatic N) is 5. The second kappa shape index (κ2) is 8.49. The van der Waals surface area contributed by atoms with E-state index in [4.69, 9.17) is 11.6 Å². The Morgan fingerprint density at radius 1 is 1.21 bits per heavy atom. The van der Waals surface area contributed by atoms with Gasteiger partial charge in [0.15, 0.2) is 5.82 Å². The van der Waals surface area contributed by atoms with E-state index < -0.39 is 0 Å². The number of benzene rings is 1. The standard InChI is InChI=1S/C18H18ClN7OS/c19-13-9-15(23-20-10-13)26-7-6-14(11-26)21-17-24-25-18(28-17)22-16(27)8-12-4-2-1-3-5-12/h1-5,9-10,14H,6-8,11H2,(H,21,24)(H,22,25,27). The third kappa shape index (κ3) is 4.73. The molecule has 0 aliphatic carbocycles. The smallest absolute Gasteiger partial charge is 0.230 e. The molecule has 2 N–H and O–H groups in total. The molecule has 1 aliphatic heterocycles. The van der Waals surface area contributed by atoms with Crippen LogP contribution in [0.1, 0.15) is 12.0 Å². The van der Waals surface area contributed by atoms with Crippen LogP contribution in [0.25, 0.3) is 0 Å². The Hall–Kier alpha value is -2.78. The zero-order valence-corrected chi connectivity index (χ0v) is 16.5. The lowest BCUT2D eigenvalue weighted by atomic mass is 10.1.